The molecule has 2 heterocycles. The zero-order valence-electron chi connectivity index (χ0n) is 26.5. The molecular weight excluding hydrogens is 632 g/mol. The number of benzene rings is 3. The van der Waals surface area contributed by atoms with Gasteiger partial charge in [0.1, 0.15) is 5.03 Å². The minimum atomic E-state index is -1.03. The number of amides is 1. The van der Waals surface area contributed by atoms with Crippen molar-refractivity contribution in [2.24, 2.45) is 5.92 Å². The van der Waals surface area contributed by atoms with E-state index in [2.05, 4.69) is 17.2 Å². The van der Waals surface area contributed by atoms with Crippen LogP contribution in [0.1, 0.15) is 71.2 Å². The maximum atomic E-state index is 12.1. The zero-order chi connectivity index (χ0) is 34.0. The van der Waals surface area contributed by atoms with Crippen LogP contribution in [0.3, 0.4) is 0 Å². The Morgan fingerprint density at radius 2 is 1.60 bits per heavy atom. The summed E-state index contributed by atoms with van der Waals surface area (Å²) in [6, 6.07) is 26.6. The van der Waals surface area contributed by atoms with Gasteiger partial charge in [-0.15, -0.1) is 11.8 Å². The van der Waals surface area contributed by atoms with E-state index in [1.807, 2.05) is 72.8 Å². The maximum absolute atomic E-state index is 12.1. The van der Waals surface area contributed by atoms with Crippen LogP contribution in [0, 0.1) is 5.92 Å². The van der Waals surface area contributed by atoms with Gasteiger partial charge in [0.05, 0.1) is 24.4 Å². The van der Waals surface area contributed by atoms with Crippen molar-refractivity contribution in [1.82, 2.24) is 10.3 Å². The standard InChI is InChI=1S/C37H38N2O8S/c1-23-31(22-48-35-30(36(44)45)7-4-18-38-35)46-37(47-34(23)27-12-10-24(21-40)11-13-27)28-16-14-26(15-17-28)29-6-2-5-25(19-29)20-39-32(41)8-3-9-33(42)43/h2,4-7,10-19,23,31,34,37,40H,3,8-9,20-22H2,1H3,(H,39,41)(H,42,43)(H,44,45)/t23-,31+,34+,37+/m1/s1. The number of aromatic carboxylic acids is 1. The van der Waals surface area contributed by atoms with E-state index in [0.717, 1.165) is 33.4 Å². The summed E-state index contributed by atoms with van der Waals surface area (Å²) in [7, 11) is 0. The molecule has 4 aromatic rings. The minimum absolute atomic E-state index is 0.0360. The van der Waals surface area contributed by atoms with Crippen LogP contribution in [-0.2, 0) is 32.2 Å². The van der Waals surface area contributed by atoms with Crippen molar-refractivity contribution < 1.29 is 39.2 Å². The van der Waals surface area contributed by atoms with E-state index >= 15 is 0 Å². The molecule has 1 aromatic heterocycles. The lowest BCUT2D eigenvalue weighted by Gasteiger charge is -2.41. The number of aliphatic hydroxyl groups excluding tert-OH is 1. The van der Waals surface area contributed by atoms with E-state index in [9.17, 15) is 24.6 Å². The van der Waals surface area contributed by atoms with Gasteiger partial charge < -0.3 is 30.1 Å². The lowest BCUT2D eigenvalue weighted by Crippen LogP contribution is -2.38. The van der Waals surface area contributed by atoms with Gasteiger partial charge in [0.15, 0.2) is 6.29 Å². The SMILES string of the molecule is C[C@@H]1[C@H](CSc2ncccc2C(=O)O)O[C@H](c2ccc(-c3cccc(CNC(=O)CCCC(=O)O)c3)cc2)O[C@@H]1c1ccc(CO)cc1. The van der Waals surface area contributed by atoms with Crippen molar-refractivity contribution in [1.29, 1.82) is 0 Å². The maximum Gasteiger partial charge on any atom is 0.338 e. The average Bonchev–Trinajstić information content (AvgIpc) is 3.10. The van der Waals surface area contributed by atoms with Gasteiger partial charge in [-0.1, -0.05) is 73.7 Å². The molecule has 1 aliphatic rings. The summed E-state index contributed by atoms with van der Waals surface area (Å²) in [6.07, 6.45) is 0.706. The highest BCUT2D eigenvalue weighted by atomic mass is 32.2. The molecule has 1 saturated heterocycles. The van der Waals surface area contributed by atoms with Gasteiger partial charge in [0.25, 0.3) is 0 Å². The number of nitrogens with zero attached hydrogens (tertiary/aromatic N) is 1. The van der Waals surface area contributed by atoms with Crippen LogP contribution in [0.25, 0.3) is 11.1 Å². The molecule has 0 spiro atoms. The number of hydrogen-bond donors (Lipinski definition) is 4. The van der Waals surface area contributed by atoms with Crippen LogP contribution in [0.15, 0.2) is 96.2 Å². The second-order valence-electron chi connectivity index (χ2n) is 11.6. The highest BCUT2D eigenvalue weighted by molar-refractivity contribution is 7.99. The Kier molecular flexibility index (Phi) is 12.0. The summed E-state index contributed by atoms with van der Waals surface area (Å²) in [6.45, 7) is 2.34. The number of aliphatic hydroxyl groups is 1. The van der Waals surface area contributed by atoms with E-state index in [1.54, 1.807) is 18.3 Å². The fourth-order valence-electron chi connectivity index (χ4n) is 5.52. The molecule has 48 heavy (non-hydrogen) atoms. The van der Waals surface area contributed by atoms with E-state index in [1.165, 1.54) is 11.8 Å². The first-order valence-electron chi connectivity index (χ1n) is 15.7. The monoisotopic (exact) mass is 670 g/mol. The topological polar surface area (TPSA) is 155 Å². The summed E-state index contributed by atoms with van der Waals surface area (Å²) in [4.78, 5) is 38.9. The third-order valence-electron chi connectivity index (χ3n) is 8.24. The molecule has 4 N–H and O–H groups in total. The van der Waals surface area contributed by atoms with E-state index in [4.69, 9.17) is 14.6 Å². The number of hydrogen-bond acceptors (Lipinski definition) is 8. The van der Waals surface area contributed by atoms with Gasteiger partial charge in [0, 0.05) is 42.8 Å². The molecule has 1 fully saturated rings. The first kappa shape index (κ1) is 34.8. The third kappa shape index (κ3) is 9.07. The Morgan fingerprint density at radius 3 is 2.31 bits per heavy atom. The number of ether oxygens (including phenoxy) is 2. The molecule has 0 aliphatic carbocycles. The predicted molar refractivity (Wildman–Crippen MR) is 180 cm³/mol. The van der Waals surface area contributed by atoms with Crippen LogP contribution >= 0.6 is 11.8 Å². The summed E-state index contributed by atoms with van der Waals surface area (Å²) < 4.78 is 13.1. The van der Waals surface area contributed by atoms with Gasteiger partial charge in [-0.3, -0.25) is 9.59 Å². The molecule has 0 radical (unpaired) electrons. The number of rotatable bonds is 14. The van der Waals surface area contributed by atoms with Crippen molar-refractivity contribution in [3.05, 3.63) is 119 Å². The molecular formula is C37H38N2O8S. The summed E-state index contributed by atoms with van der Waals surface area (Å²) in [5.41, 5.74) is 5.59. The third-order valence-corrected chi connectivity index (χ3v) is 9.33. The molecule has 1 aliphatic heterocycles. The van der Waals surface area contributed by atoms with Crippen LogP contribution in [0.5, 0.6) is 0 Å². The Hall–Kier alpha value is -4.55. The van der Waals surface area contributed by atoms with Crippen molar-refractivity contribution in [2.45, 2.75) is 62.9 Å². The first-order valence-corrected chi connectivity index (χ1v) is 16.7. The van der Waals surface area contributed by atoms with Crippen LogP contribution in [-0.4, -0.2) is 50.0 Å². The molecule has 5 rings (SSSR count). The van der Waals surface area contributed by atoms with Gasteiger partial charge >= 0.3 is 11.9 Å². The molecule has 1 amide bonds. The van der Waals surface area contributed by atoms with Crippen LogP contribution in [0.2, 0.25) is 0 Å². The average molecular weight is 671 g/mol. The molecule has 0 unspecified atom stereocenters. The van der Waals surface area contributed by atoms with Crippen molar-refractivity contribution in [3.63, 3.8) is 0 Å². The fraction of sp³-hybridized carbons (Fsp3) is 0.297. The second-order valence-corrected chi connectivity index (χ2v) is 12.6. The van der Waals surface area contributed by atoms with Crippen LogP contribution in [0.4, 0.5) is 0 Å². The Labute approximate surface area is 283 Å². The summed E-state index contributed by atoms with van der Waals surface area (Å²) >= 11 is 1.34. The number of carboxylic acids is 2. The molecule has 4 atom stereocenters. The first-order chi connectivity index (χ1) is 23.2. The van der Waals surface area contributed by atoms with Gasteiger partial charge in [0.2, 0.25) is 5.91 Å². The lowest BCUT2D eigenvalue weighted by atomic mass is 9.91. The zero-order valence-corrected chi connectivity index (χ0v) is 27.3. The molecule has 3 aromatic carbocycles. The molecule has 10 nitrogen and oxygen atoms in total. The number of aromatic nitrogens is 1. The smallest absolute Gasteiger partial charge is 0.338 e. The highest BCUT2D eigenvalue weighted by Gasteiger charge is 2.38. The minimum Gasteiger partial charge on any atom is -0.481 e. The lowest BCUT2D eigenvalue weighted by molar-refractivity contribution is -0.268. The van der Waals surface area contributed by atoms with Gasteiger partial charge in [-0.2, -0.15) is 0 Å². The summed E-state index contributed by atoms with van der Waals surface area (Å²) in [5.74, 6) is -1.75. The molecule has 250 valence electrons. The van der Waals surface area contributed by atoms with E-state index < -0.39 is 18.2 Å². The Morgan fingerprint density at radius 1 is 0.854 bits per heavy atom. The number of carbonyl (C=O) groups excluding carboxylic acids is 1. The number of carboxylic acid groups (broad SMARTS) is 2. The molecule has 11 heteroatoms. The van der Waals surface area contributed by atoms with E-state index in [-0.39, 0.29) is 49.0 Å². The quantitative estimate of drug-likeness (QED) is 0.111. The number of carbonyl (C=O) groups is 3. The predicted octanol–water partition coefficient (Wildman–Crippen LogP) is 6.39. The highest BCUT2D eigenvalue weighted by Crippen LogP contribution is 2.43. The van der Waals surface area contributed by atoms with Gasteiger partial charge in [-0.05, 0) is 52.4 Å². The summed E-state index contributed by atoms with van der Waals surface area (Å²) in [5, 5.41) is 31.2. The van der Waals surface area contributed by atoms with Crippen molar-refractivity contribution in [2.75, 3.05) is 5.75 Å². The van der Waals surface area contributed by atoms with Gasteiger partial charge in [-0.25, -0.2) is 9.78 Å². The second kappa shape index (κ2) is 16.5. The number of pyridine rings is 1. The molecule has 0 saturated carbocycles. The number of aliphatic carboxylic acids is 1. The number of nitrogens with one attached hydrogen (secondary N) is 1. The van der Waals surface area contributed by atoms with Crippen molar-refractivity contribution >= 4 is 29.6 Å². The Bertz CT molecular complexity index is 1710. The Balaban J connectivity index is 1.31. The van der Waals surface area contributed by atoms with Crippen molar-refractivity contribution in [3.8, 4) is 11.1 Å². The number of thioether (sulfide) groups is 1. The fourth-order valence-corrected chi connectivity index (χ4v) is 6.67. The normalized spacial score (nSPS) is 19.0. The largest absolute Gasteiger partial charge is 0.481 e. The van der Waals surface area contributed by atoms with Crippen LogP contribution < -0.4 is 5.32 Å². The molecule has 0 bridgehead atoms. The van der Waals surface area contributed by atoms with E-state index in [0.29, 0.717) is 23.7 Å².